The van der Waals surface area contributed by atoms with Crippen LogP contribution in [-0.4, -0.2) is 37.0 Å². The molecule has 3 aromatic heterocycles. The predicted molar refractivity (Wildman–Crippen MR) is 99.9 cm³/mol. The third kappa shape index (κ3) is 2.83. The number of carbonyl (C=O) groups is 1. The average Bonchev–Trinajstić information content (AvgIpc) is 3.09. The van der Waals surface area contributed by atoms with Crippen molar-refractivity contribution in [2.24, 2.45) is 0 Å². The lowest BCUT2D eigenvalue weighted by Gasteiger charge is -2.08. The maximum atomic E-state index is 12.9. The third-order valence-electron chi connectivity index (χ3n) is 3.94. The number of ether oxygens (including phenoxy) is 1. The van der Waals surface area contributed by atoms with Gasteiger partial charge in [0, 0.05) is 6.20 Å². The molecule has 0 aliphatic carbocycles. The summed E-state index contributed by atoms with van der Waals surface area (Å²) >= 11 is 12.0. The van der Waals surface area contributed by atoms with Crippen LogP contribution in [0.4, 0.5) is 0 Å². The molecule has 3 heterocycles. The lowest BCUT2D eigenvalue weighted by atomic mass is 10.3. The van der Waals surface area contributed by atoms with Gasteiger partial charge in [0.2, 0.25) is 0 Å². The molecule has 0 unspecified atom stereocenters. The Morgan fingerprint density at radius 2 is 2.00 bits per heavy atom. The molecule has 0 saturated carbocycles. The number of aromatic nitrogens is 5. The summed E-state index contributed by atoms with van der Waals surface area (Å²) in [5.41, 5.74) is 1.03. The molecule has 136 valence electrons. The molecular formula is C17H11Cl2N5O3. The highest BCUT2D eigenvalue weighted by molar-refractivity contribution is 6.42. The van der Waals surface area contributed by atoms with E-state index in [0.717, 1.165) is 0 Å². The van der Waals surface area contributed by atoms with E-state index in [1.54, 1.807) is 37.4 Å². The van der Waals surface area contributed by atoms with Gasteiger partial charge in [-0.2, -0.15) is 5.10 Å². The number of halogens is 2. The minimum absolute atomic E-state index is 0.0922. The third-order valence-corrected chi connectivity index (χ3v) is 4.68. The van der Waals surface area contributed by atoms with Gasteiger partial charge in [0.15, 0.2) is 11.2 Å². The van der Waals surface area contributed by atoms with Gasteiger partial charge in [0.1, 0.15) is 11.1 Å². The first-order valence-corrected chi connectivity index (χ1v) is 8.65. The molecule has 0 saturated heterocycles. The Hall–Kier alpha value is -2.97. The molecule has 4 aromatic rings. The number of fused-ring (bicyclic) bond motifs is 3. The molecule has 0 bridgehead atoms. The van der Waals surface area contributed by atoms with Crippen molar-refractivity contribution >= 4 is 45.9 Å². The van der Waals surface area contributed by atoms with E-state index in [0.29, 0.717) is 21.2 Å². The van der Waals surface area contributed by atoms with Crippen molar-refractivity contribution in [3.63, 3.8) is 0 Å². The van der Waals surface area contributed by atoms with Crippen LogP contribution in [0.25, 0.3) is 22.4 Å². The van der Waals surface area contributed by atoms with Crippen molar-refractivity contribution in [1.29, 1.82) is 0 Å². The topological polar surface area (TPSA) is 91.4 Å². The maximum Gasteiger partial charge on any atom is 0.343 e. The molecule has 0 N–H and O–H groups in total. The summed E-state index contributed by atoms with van der Waals surface area (Å²) in [5.74, 6) is -0.551. The Kier molecular flexibility index (Phi) is 4.29. The second-order valence-corrected chi connectivity index (χ2v) is 6.35. The monoisotopic (exact) mass is 403 g/mol. The van der Waals surface area contributed by atoms with E-state index >= 15 is 0 Å². The first kappa shape index (κ1) is 17.4. The van der Waals surface area contributed by atoms with Gasteiger partial charge in [-0.15, -0.1) is 10.2 Å². The fourth-order valence-electron chi connectivity index (χ4n) is 2.68. The molecule has 4 rings (SSSR count). The Balaban J connectivity index is 1.92. The molecule has 0 fully saturated rings. The minimum atomic E-state index is -0.551. The van der Waals surface area contributed by atoms with Crippen LogP contribution in [0.15, 0.2) is 41.5 Å². The lowest BCUT2D eigenvalue weighted by Crippen LogP contribution is -2.20. The van der Waals surface area contributed by atoms with E-state index < -0.39 is 11.5 Å². The summed E-state index contributed by atoms with van der Waals surface area (Å²) in [4.78, 5) is 24.9. The summed E-state index contributed by atoms with van der Waals surface area (Å²) in [6, 6.07) is 6.50. The van der Waals surface area contributed by atoms with E-state index in [2.05, 4.69) is 15.3 Å². The highest BCUT2D eigenvalue weighted by atomic mass is 35.5. The molecule has 8 nitrogen and oxygen atoms in total. The standard InChI is InChI=1S/C17H11Cl2N5O3/c1-2-27-17(26)10-8-20-24-13-5-6-23(9-3-4-11(18)12(19)7-9)16(25)14(13)21-22-15(10)24/h3-8H,2H2,1H3. The normalized spacial score (nSPS) is 11.2. The highest BCUT2D eigenvalue weighted by Gasteiger charge is 2.18. The zero-order valence-corrected chi connectivity index (χ0v) is 15.4. The van der Waals surface area contributed by atoms with E-state index in [1.165, 1.54) is 15.3 Å². The first-order chi connectivity index (χ1) is 13.0. The zero-order valence-electron chi connectivity index (χ0n) is 13.9. The second-order valence-electron chi connectivity index (χ2n) is 5.54. The Morgan fingerprint density at radius 1 is 1.19 bits per heavy atom. The molecule has 0 aliphatic rings. The van der Waals surface area contributed by atoms with Gasteiger partial charge in [0.25, 0.3) is 5.56 Å². The number of nitrogens with zero attached hydrogens (tertiary/aromatic N) is 5. The number of esters is 1. The lowest BCUT2D eigenvalue weighted by molar-refractivity contribution is 0.0528. The van der Waals surface area contributed by atoms with Crippen molar-refractivity contribution < 1.29 is 9.53 Å². The summed E-state index contributed by atoms with van der Waals surface area (Å²) in [7, 11) is 0. The van der Waals surface area contributed by atoms with Crippen LogP contribution < -0.4 is 5.56 Å². The van der Waals surface area contributed by atoms with Gasteiger partial charge in [-0.1, -0.05) is 23.2 Å². The van der Waals surface area contributed by atoms with Gasteiger partial charge < -0.3 is 4.74 Å². The van der Waals surface area contributed by atoms with Crippen molar-refractivity contribution in [2.45, 2.75) is 6.92 Å². The van der Waals surface area contributed by atoms with E-state index in [1.807, 2.05) is 0 Å². The molecule has 0 atom stereocenters. The fraction of sp³-hybridized carbons (Fsp3) is 0.118. The Labute approximate surface area is 161 Å². The van der Waals surface area contributed by atoms with Gasteiger partial charge in [-0.25, -0.2) is 9.31 Å². The van der Waals surface area contributed by atoms with Crippen LogP contribution in [0.2, 0.25) is 10.0 Å². The molecule has 1 aromatic carbocycles. The average molecular weight is 404 g/mol. The summed E-state index contributed by atoms with van der Waals surface area (Å²) in [5, 5.41) is 12.8. The van der Waals surface area contributed by atoms with Crippen molar-refractivity contribution in [3.8, 4) is 5.69 Å². The number of rotatable bonds is 3. The minimum Gasteiger partial charge on any atom is -0.462 e. The number of carbonyl (C=O) groups excluding carboxylic acids is 1. The molecule has 27 heavy (non-hydrogen) atoms. The molecular weight excluding hydrogens is 393 g/mol. The van der Waals surface area contributed by atoms with Gasteiger partial charge in [-0.3, -0.25) is 9.36 Å². The number of hydrogen-bond acceptors (Lipinski definition) is 6. The van der Waals surface area contributed by atoms with E-state index in [9.17, 15) is 9.59 Å². The quantitative estimate of drug-likeness (QED) is 0.488. The van der Waals surface area contributed by atoms with Crippen LogP contribution in [0.3, 0.4) is 0 Å². The maximum absolute atomic E-state index is 12.9. The van der Waals surface area contributed by atoms with E-state index in [4.69, 9.17) is 27.9 Å². The van der Waals surface area contributed by atoms with Crippen LogP contribution in [-0.2, 0) is 4.74 Å². The molecule has 0 spiro atoms. The molecule has 10 heteroatoms. The van der Waals surface area contributed by atoms with Crippen LogP contribution in [0.5, 0.6) is 0 Å². The largest absolute Gasteiger partial charge is 0.462 e. The van der Waals surface area contributed by atoms with Crippen LogP contribution in [0.1, 0.15) is 17.3 Å². The summed E-state index contributed by atoms with van der Waals surface area (Å²) < 4.78 is 7.74. The fourth-order valence-corrected chi connectivity index (χ4v) is 2.98. The van der Waals surface area contributed by atoms with E-state index in [-0.39, 0.29) is 23.3 Å². The summed E-state index contributed by atoms with van der Waals surface area (Å²) in [6.07, 6.45) is 2.91. The SMILES string of the molecule is CCOC(=O)c1cnn2c1nnc1c(=O)n(-c3ccc(Cl)c(Cl)c3)ccc12. The van der Waals surface area contributed by atoms with Gasteiger partial charge in [0.05, 0.1) is 28.5 Å². The number of benzene rings is 1. The van der Waals surface area contributed by atoms with Crippen molar-refractivity contribution in [1.82, 2.24) is 24.4 Å². The molecule has 0 aliphatic heterocycles. The molecule has 0 radical (unpaired) electrons. The Bertz CT molecular complexity index is 1260. The van der Waals surface area contributed by atoms with Gasteiger partial charge in [-0.05, 0) is 31.2 Å². The second kappa shape index (κ2) is 6.64. The first-order valence-electron chi connectivity index (χ1n) is 7.89. The molecule has 0 amide bonds. The van der Waals surface area contributed by atoms with Crippen molar-refractivity contribution in [2.75, 3.05) is 6.61 Å². The Morgan fingerprint density at radius 3 is 2.74 bits per heavy atom. The summed E-state index contributed by atoms with van der Waals surface area (Å²) in [6.45, 7) is 1.93. The van der Waals surface area contributed by atoms with Crippen LogP contribution >= 0.6 is 23.2 Å². The smallest absolute Gasteiger partial charge is 0.343 e. The zero-order chi connectivity index (χ0) is 19.1. The van der Waals surface area contributed by atoms with Crippen molar-refractivity contribution in [3.05, 3.63) is 62.6 Å². The number of hydrogen-bond donors (Lipinski definition) is 0. The number of pyridine rings is 1. The highest BCUT2D eigenvalue weighted by Crippen LogP contribution is 2.24. The van der Waals surface area contributed by atoms with Gasteiger partial charge >= 0.3 is 5.97 Å². The predicted octanol–water partition coefficient (Wildman–Crippen LogP) is 2.91. The van der Waals surface area contributed by atoms with Crippen LogP contribution in [0, 0.1) is 0 Å².